The Balaban J connectivity index is 3.11. The van der Waals surface area contributed by atoms with Crippen LogP contribution < -0.4 is 0 Å². The van der Waals surface area contributed by atoms with E-state index >= 15 is 0 Å². The summed E-state index contributed by atoms with van der Waals surface area (Å²) in [6, 6.07) is 0. The molecule has 0 aliphatic rings. The van der Waals surface area contributed by atoms with Crippen LogP contribution in [0.3, 0.4) is 0 Å². The first-order valence-corrected chi connectivity index (χ1v) is 7.71. The molecular formula is C14H28O2S. The number of hydrogen-bond donors (Lipinski definition) is 1. The predicted molar refractivity (Wildman–Crippen MR) is 76.7 cm³/mol. The minimum atomic E-state index is -0.0299. The van der Waals surface area contributed by atoms with Crippen molar-refractivity contribution in [1.82, 2.24) is 0 Å². The normalized spacial score (nSPS) is 10.5. The SMILES string of the molecule is CCCCCCCCCC(=O)OCCCCS. The third-order valence-electron chi connectivity index (χ3n) is 2.80. The van der Waals surface area contributed by atoms with Crippen molar-refractivity contribution in [3.8, 4) is 0 Å². The number of thiol groups is 1. The van der Waals surface area contributed by atoms with Gasteiger partial charge < -0.3 is 4.74 Å². The smallest absolute Gasteiger partial charge is 0.305 e. The molecule has 0 rings (SSSR count). The summed E-state index contributed by atoms with van der Waals surface area (Å²) in [7, 11) is 0. The molecule has 17 heavy (non-hydrogen) atoms. The van der Waals surface area contributed by atoms with Crippen LogP contribution in [-0.2, 0) is 9.53 Å². The predicted octanol–water partition coefficient (Wildman–Crippen LogP) is 4.38. The third-order valence-corrected chi connectivity index (χ3v) is 3.12. The van der Waals surface area contributed by atoms with Gasteiger partial charge in [-0.1, -0.05) is 45.4 Å². The minimum absolute atomic E-state index is 0.0299. The highest BCUT2D eigenvalue weighted by atomic mass is 32.1. The highest BCUT2D eigenvalue weighted by Crippen LogP contribution is 2.08. The maximum atomic E-state index is 11.3. The Morgan fingerprint density at radius 2 is 1.59 bits per heavy atom. The van der Waals surface area contributed by atoms with E-state index in [-0.39, 0.29) is 5.97 Å². The van der Waals surface area contributed by atoms with Gasteiger partial charge in [-0.25, -0.2) is 0 Å². The van der Waals surface area contributed by atoms with Gasteiger partial charge >= 0.3 is 5.97 Å². The molecule has 0 N–H and O–H groups in total. The van der Waals surface area contributed by atoms with Gasteiger partial charge in [-0.05, 0) is 25.0 Å². The van der Waals surface area contributed by atoms with E-state index in [0.717, 1.165) is 31.4 Å². The fourth-order valence-corrected chi connectivity index (χ4v) is 1.92. The lowest BCUT2D eigenvalue weighted by Crippen LogP contribution is -2.05. The summed E-state index contributed by atoms with van der Waals surface area (Å²) >= 11 is 4.11. The largest absolute Gasteiger partial charge is 0.466 e. The quantitative estimate of drug-likeness (QED) is 0.320. The second-order valence-corrected chi connectivity index (χ2v) is 4.97. The van der Waals surface area contributed by atoms with Crippen molar-refractivity contribution < 1.29 is 9.53 Å². The summed E-state index contributed by atoms with van der Waals surface area (Å²) < 4.78 is 5.12. The molecule has 0 unspecified atom stereocenters. The van der Waals surface area contributed by atoms with E-state index < -0.39 is 0 Å². The topological polar surface area (TPSA) is 26.3 Å². The second-order valence-electron chi connectivity index (χ2n) is 4.52. The van der Waals surface area contributed by atoms with Gasteiger partial charge in [-0.15, -0.1) is 0 Å². The van der Waals surface area contributed by atoms with Crippen LogP contribution in [0.4, 0.5) is 0 Å². The zero-order valence-electron chi connectivity index (χ0n) is 11.2. The molecular weight excluding hydrogens is 232 g/mol. The second kappa shape index (κ2) is 13.9. The average molecular weight is 260 g/mol. The zero-order chi connectivity index (χ0) is 12.8. The Bertz CT molecular complexity index is 172. The Morgan fingerprint density at radius 1 is 0.941 bits per heavy atom. The van der Waals surface area contributed by atoms with Gasteiger partial charge in [-0.3, -0.25) is 4.79 Å². The van der Waals surface area contributed by atoms with Gasteiger partial charge in [0.05, 0.1) is 6.61 Å². The van der Waals surface area contributed by atoms with Gasteiger partial charge in [0, 0.05) is 6.42 Å². The summed E-state index contributed by atoms with van der Waals surface area (Å²) in [5.74, 6) is 0.840. The number of ether oxygens (including phenoxy) is 1. The molecule has 3 heteroatoms. The summed E-state index contributed by atoms with van der Waals surface area (Å²) in [5.41, 5.74) is 0. The van der Waals surface area contributed by atoms with Crippen LogP contribution in [0.5, 0.6) is 0 Å². The molecule has 0 aromatic heterocycles. The molecule has 0 spiro atoms. The van der Waals surface area contributed by atoms with Crippen LogP contribution in [0, 0.1) is 0 Å². The van der Waals surface area contributed by atoms with Crippen molar-refractivity contribution in [3.63, 3.8) is 0 Å². The highest BCUT2D eigenvalue weighted by molar-refractivity contribution is 7.80. The Labute approximate surface area is 112 Å². The molecule has 0 atom stereocenters. The van der Waals surface area contributed by atoms with Crippen LogP contribution in [0.2, 0.25) is 0 Å². The Hall–Kier alpha value is -0.180. The number of hydrogen-bond acceptors (Lipinski definition) is 3. The molecule has 0 heterocycles. The Kier molecular flexibility index (Phi) is 13.7. The number of unbranched alkanes of at least 4 members (excludes halogenated alkanes) is 7. The van der Waals surface area contributed by atoms with E-state index in [4.69, 9.17) is 4.74 Å². The number of rotatable bonds is 12. The van der Waals surface area contributed by atoms with Gasteiger partial charge in [0.2, 0.25) is 0 Å². The lowest BCUT2D eigenvalue weighted by molar-refractivity contribution is -0.143. The fourth-order valence-electron chi connectivity index (χ4n) is 1.70. The molecule has 0 radical (unpaired) electrons. The van der Waals surface area contributed by atoms with Crippen LogP contribution in [0.15, 0.2) is 0 Å². The van der Waals surface area contributed by atoms with Crippen molar-refractivity contribution >= 4 is 18.6 Å². The monoisotopic (exact) mass is 260 g/mol. The maximum Gasteiger partial charge on any atom is 0.305 e. The van der Waals surface area contributed by atoms with E-state index in [1.54, 1.807) is 0 Å². The molecule has 0 bridgehead atoms. The molecule has 0 aromatic rings. The van der Waals surface area contributed by atoms with E-state index in [1.165, 1.54) is 32.1 Å². The summed E-state index contributed by atoms with van der Waals surface area (Å²) in [6.07, 6.45) is 11.2. The Morgan fingerprint density at radius 3 is 2.24 bits per heavy atom. The number of esters is 1. The molecule has 0 aliphatic carbocycles. The molecule has 102 valence electrons. The first-order chi connectivity index (χ1) is 8.31. The van der Waals surface area contributed by atoms with Crippen molar-refractivity contribution in [2.45, 2.75) is 71.1 Å². The molecule has 0 aromatic carbocycles. The van der Waals surface area contributed by atoms with Crippen molar-refractivity contribution in [1.29, 1.82) is 0 Å². The van der Waals surface area contributed by atoms with Gasteiger partial charge in [0.1, 0.15) is 0 Å². The zero-order valence-corrected chi connectivity index (χ0v) is 12.1. The van der Waals surface area contributed by atoms with Gasteiger partial charge in [-0.2, -0.15) is 12.6 Å². The molecule has 2 nitrogen and oxygen atoms in total. The van der Waals surface area contributed by atoms with E-state index in [1.807, 2.05) is 0 Å². The van der Waals surface area contributed by atoms with E-state index in [2.05, 4.69) is 19.6 Å². The summed E-state index contributed by atoms with van der Waals surface area (Å²) in [5, 5.41) is 0. The maximum absolute atomic E-state index is 11.3. The van der Waals surface area contributed by atoms with Crippen molar-refractivity contribution in [3.05, 3.63) is 0 Å². The first kappa shape index (κ1) is 16.8. The standard InChI is InChI=1S/C14H28O2S/c1-2-3-4-5-6-7-8-11-14(15)16-12-9-10-13-17/h17H,2-13H2,1H3. The van der Waals surface area contributed by atoms with Crippen molar-refractivity contribution in [2.24, 2.45) is 0 Å². The van der Waals surface area contributed by atoms with E-state index in [0.29, 0.717) is 13.0 Å². The van der Waals surface area contributed by atoms with Crippen molar-refractivity contribution in [2.75, 3.05) is 12.4 Å². The minimum Gasteiger partial charge on any atom is -0.466 e. The number of carbonyl (C=O) groups is 1. The molecule has 0 saturated heterocycles. The number of carbonyl (C=O) groups excluding carboxylic acids is 1. The summed E-state index contributed by atoms with van der Waals surface area (Å²) in [4.78, 5) is 11.3. The van der Waals surface area contributed by atoms with Crippen LogP contribution >= 0.6 is 12.6 Å². The first-order valence-electron chi connectivity index (χ1n) is 7.07. The highest BCUT2D eigenvalue weighted by Gasteiger charge is 2.01. The fraction of sp³-hybridized carbons (Fsp3) is 0.929. The molecule has 0 fully saturated rings. The van der Waals surface area contributed by atoms with Crippen LogP contribution in [-0.4, -0.2) is 18.3 Å². The molecule has 0 amide bonds. The molecule has 0 saturated carbocycles. The summed E-state index contributed by atoms with van der Waals surface area (Å²) in [6.45, 7) is 2.79. The molecule has 0 aliphatic heterocycles. The van der Waals surface area contributed by atoms with Gasteiger partial charge in [0.15, 0.2) is 0 Å². The van der Waals surface area contributed by atoms with Crippen LogP contribution in [0.25, 0.3) is 0 Å². The lowest BCUT2D eigenvalue weighted by Gasteiger charge is -2.04. The van der Waals surface area contributed by atoms with Crippen LogP contribution in [0.1, 0.15) is 71.1 Å². The van der Waals surface area contributed by atoms with E-state index in [9.17, 15) is 4.79 Å². The average Bonchev–Trinajstić information content (AvgIpc) is 2.33. The third kappa shape index (κ3) is 13.8. The van der Waals surface area contributed by atoms with Gasteiger partial charge in [0.25, 0.3) is 0 Å². The lowest BCUT2D eigenvalue weighted by atomic mass is 10.1.